The summed E-state index contributed by atoms with van der Waals surface area (Å²) in [5.74, 6) is -0.490. The molecule has 0 unspecified atom stereocenters. The summed E-state index contributed by atoms with van der Waals surface area (Å²) < 4.78 is 4.45. The van der Waals surface area contributed by atoms with Crippen molar-refractivity contribution in [1.82, 2.24) is 5.32 Å². The molecule has 0 bridgehead atoms. The Morgan fingerprint density at radius 2 is 2.50 bits per heavy atom. The fraction of sp³-hybridized carbons (Fsp3) is 0.714. The van der Waals surface area contributed by atoms with Gasteiger partial charge in [0.05, 0.1) is 19.1 Å². The quantitative estimate of drug-likeness (QED) is 0.511. The number of esters is 1. The molecule has 1 rings (SSSR count). The van der Waals surface area contributed by atoms with Gasteiger partial charge in [0.2, 0.25) is 5.91 Å². The van der Waals surface area contributed by atoms with Crippen LogP contribution in [0.15, 0.2) is 0 Å². The van der Waals surface area contributed by atoms with Crippen molar-refractivity contribution in [2.24, 2.45) is 5.73 Å². The Morgan fingerprint density at radius 3 is 2.92 bits per heavy atom. The summed E-state index contributed by atoms with van der Waals surface area (Å²) in [6, 6.07) is 0. The van der Waals surface area contributed by atoms with Crippen LogP contribution in [0.1, 0.15) is 12.8 Å². The highest BCUT2D eigenvalue weighted by atomic mass is 16.5. The van der Waals surface area contributed by atoms with Crippen LogP contribution in [0.4, 0.5) is 0 Å². The number of ether oxygens (including phenoxy) is 1. The molecule has 1 aliphatic heterocycles. The molecule has 0 aliphatic carbocycles. The molecule has 0 radical (unpaired) electrons. The monoisotopic (exact) mass is 172 g/mol. The van der Waals surface area contributed by atoms with Crippen LogP contribution in [0.5, 0.6) is 0 Å². The summed E-state index contributed by atoms with van der Waals surface area (Å²) in [6.07, 6.45) is 0.282. The predicted octanol–water partition coefficient (Wildman–Crippen LogP) is -1.23. The topological polar surface area (TPSA) is 81.4 Å². The van der Waals surface area contributed by atoms with Crippen LogP contribution in [-0.4, -0.2) is 31.1 Å². The number of hydrogen-bond donors (Lipinski definition) is 2. The van der Waals surface area contributed by atoms with E-state index in [-0.39, 0.29) is 24.7 Å². The molecule has 1 heterocycles. The lowest BCUT2D eigenvalue weighted by Gasteiger charge is -2.18. The first kappa shape index (κ1) is 8.99. The van der Waals surface area contributed by atoms with E-state index >= 15 is 0 Å². The first-order valence-electron chi connectivity index (χ1n) is 3.68. The molecule has 1 saturated heterocycles. The minimum Gasteiger partial charge on any atom is -0.469 e. The highest BCUT2D eigenvalue weighted by Crippen LogP contribution is 2.16. The molecular weight excluding hydrogens is 160 g/mol. The van der Waals surface area contributed by atoms with Gasteiger partial charge in [-0.1, -0.05) is 0 Å². The number of nitrogens with two attached hydrogens (primary N) is 1. The van der Waals surface area contributed by atoms with Crippen LogP contribution < -0.4 is 11.1 Å². The Morgan fingerprint density at radius 1 is 1.83 bits per heavy atom. The lowest BCUT2D eigenvalue weighted by atomic mass is 9.96. The molecule has 0 aromatic heterocycles. The van der Waals surface area contributed by atoms with Crippen LogP contribution in [0.3, 0.4) is 0 Å². The van der Waals surface area contributed by atoms with E-state index in [9.17, 15) is 9.59 Å². The molecule has 1 amide bonds. The molecule has 12 heavy (non-hydrogen) atoms. The molecule has 68 valence electrons. The summed E-state index contributed by atoms with van der Waals surface area (Å²) in [4.78, 5) is 21.6. The van der Waals surface area contributed by atoms with Gasteiger partial charge >= 0.3 is 5.97 Å². The van der Waals surface area contributed by atoms with Crippen LogP contribution in [-0.2, 0) is 14.3 Å². The summed E-state index contributed by atoms with van der Waals surface area (Å²) in [7, 11) is 1.30. The van der Waals surface area contributed by atoms with E-state index in [4.69, 9.17) is 5.73 Å². The van der Waals surface area contributed by atoms with Gasteiger partial charge in [-0.2, -0.15) is 0 Å². The SMILES string of the molecule is COC(=O)C[C@@]1(N)CNC(=O)C1. The maximum Gasteiger partial charge on any atom is 0.307 e. The Hall–Kier alpha value is -1.10. The fourth-order valence-corrected chi connectivity index (χ4v) is 1.20. The van der Waals surface area contributed by atoms with Gasteiger partial charge < -0.3 is 15.8 Å². The van der Waals surface area contributed by atoms with Crippen LogP contribution in [0, 0.1) is 0 Å². The molecule has 1 aliphatic rings. The Labute approximate surface area is 70.2 Å². The zero-order chi connectivity index (χ0) is 9.19. The number of amides is 1. The van der Waals surface area contributed by atoms with Crippen molar-refractivity contribution in [3.05, 3.63) is 0 Å². The van der Waals surface area contributed by atoms with Gasteiger partial charge in [0.15, 0.2) is 0 Å². The van der Waals surface area contributed by atoms with Crippen LogP contribution >= 0.6 is 0 Å². The molecule has 1 fully saturated rings. The third-order valence-corrected chi connectivity index (χ3v) is 1.87. The van der Waals surface area contributed by atoms with Crippen molar-refractivity contribution in [1.29, 1.82) is 0 Å². The van der Waals surface area contributed by atoms with Crippen molar-refractivity contribution in [2.45, 2.75) is 18.4 Å². The van der Waals surface area contributed by atoms with E-state index in [2.05, 4.69) is 10.1 Å². The van der Waals surface area contributed by atoms with E-state index in [1.807, 2.05) is 0 Å². The average Bonchev–Trinajstić information content (AvgIpc) is 2.30. The predicted molar refractivity (Wildman–Crippen MR) is 41.2 cm³/mol. The van der Waals surface area contributed by atoms with Crippen LogP contribution in [0.2, 0.25) is 0 Å². The van der Waals surface area contributed by atoms with Gasteiger partial charge in [0.25, 0.3) is 0 Å². The number of methoxy groups -OCH3 is 1. The number of nitrogens with one attached hydrogen (secondary N) is 1. The molecule has 5 nitrogen and oxygen atoms in total. The van der Waals surface area contributed by atoms with Gasteiger partial charge in [0.1, 0.15) is 0 Å². The number of carbonyl (C=O) groups excluding carboxylic acids is 2. The van der Waals surface area contributed by atoms with Crippen LogP contribution in [0.25, 0.3) is 0 Å². The normalized spacial score (nSPS) is 28.3. The highest BCUT2D eigenvalue weighted by Gasteiger charge is 2.36. The molecule has 3 N–H and O–H groups in total. The van der Waals surface area contributed by atoms with Crippen molar-refractivity contribution in [2.75, 3.05) is 13.7 Å². The van der Waals surface area contributed by atoms with Gasteiger partial charge in [-0.3, -0.25) is 9.59 Å². The zero-order valence-electron chi connectivity index (χ0n) is 6.92. The molecule has 1 atom stereocenters. The highest BCUT2D eigenvalue weighted by molar-refractivity contribution is 5.82. The standard InChI is InChI=1S/C7H12N2O3/c1-12-6(11)3-7(8)2-5(10)9-4-7/h2-4,8H2,1H3,(H,9,10)/t7-/m1/s1. The van der Waals surface area contributed by atoms with Gasteiger partial charge in [-0.25, -0.2) is 0 Å². The van der Waals surface area contributed by atoms with Crippen molar-refractivity contribution in [3.63, 3.8) is 0 Å². The van der Waals surface area contributed by atoms with E-state index in [0.29, 0.717) is 6.54 Å². The average molecular weight is 172 g/mol. The largest absolute Gasteiger partial charge is 0.469 e. The van der Waals surface area contributed by atoms with Crippen molar-refractivity contribution in [3.8, 4) is 0 Å². The molecular formula is C7H12N2O3. The smallest absolute Gasteiger partial charge is 0.307 e. The van der Waals surface area contributed by atoms with E-state index in [1.54, 1.807) is 0 Å². The minimum absolute atomic E-state index is 0.0856. The fourth-order valence-electron chi connectivity index (χ4n) is 1.20. The number of carbonyl (C=O) groups is 2. The van der Waals surface area contributed by atoms with Crippen molar-refractivity contribution < 1.29 is 14.3 Å². The molecule has 0 saturated carbocycles. The zero-order valence-corrected chi connectivity index (χ0v) is 6.92. The summed E-state index contributed by atoms with van der Waals surface area (Å²) in [5.41, 5.74) is 5.00. The molecule has 5 heteroatoms. The third-order valence-electron chi connectivity index (χ3n) is 1.87. The Bertz CT molecular complexity index is 217. The molecule has 0 aromatic carbocycles. The van der Waals surface area contributed by atoms with E-state index < -0.39 is 5.54 Å². The maximum atomic E-state index is 10.8. The number of hydrogen-bond acceptors (Lipinski definition) is 4. The van der Waals surface area contributed by atoms with Gasteiger partial charge in [-0.15, -0.1) is 0 Å². The Kier molecular flexibility index (Phi) is 2.32. The second-order valence-electron chi connectivity index (χ2n) is 3.07. The van der Waals surface area contributed by atoms with E-state index in [0.717, 1.165) is 0 Å². The first-order valence-corrected chi connectivity index (χ1v) is 3.68. The second-order valence-corrected chi connectivity index (χ2v) is 3.07. The minimum atomic E-state index is -0.746. The summed E-state index contributed by atoms with van der Waals surface area (Å²) in [5, 5.41) is 2.57. The third kappa shape index (κ3) is 1.94. The molecule has 0 spiro atoms. The summed E-state index contributed by atoms with van der Waals surface area (Å²) >= 11 is 0. The van der Waals surface area contributed by atoms with Crippen molar-refractivity contribution >= 4 is 11.9 Å². The number of rotatable bonds is 2. The lowest BCUT2D eigenvalue weighted by molar-refractivity contribution is -0.141. The Balaban J connectivity index is 2.50. The van der Waals surface area contributed by atoms with Gasteiger partial charge in [-0.05, 0) is 0 Å². The lowest BCUT2D eigenvalue weighted by Crippen LogP contribution is -2.44. The van der Waals surface area contributed by atoms with Gasteiger partial charge in [0, 0.05) is 13.0 Å². The molecule has 0 aromatic rings. The van der Waals surface area contributed by atoms with E-state index in [1.165, 1.54) is 7.11 Å². The summed E-state index contributed by atoms with van der Waals surface area (Å²) in [6.45, 7) is 0.348. The first-order chi connectivity index (χ1) is 5.56. The second kappa shape index (κ2) is 3.10. The maximum absolute atomic E-state index is 10.8.